The van der Waals surface area contributed by atoms with Crippen molar-refractivity contribution in [2.24, 2.45) is 0 Å². The molecule has 2 heterocycles. The summed E-state index contributed by atoms with van der Waals surface area (Å²) in [4.78, 5) is 2.45. The van der Waals surface area contributed by atoms with Crippen LogP contribution in [0.1, 0.15) is 11.5 Å². The Kier molecular flexibility index (Phi) is 4.69. The van der Waals surface area contributed by atoms with E-state index in [2.05, 4.69) is 10.1 Å². The first-order valence-corrected chi connectivity index (χ1v) is 6.80. The molecule has 0 amide bonds. The van der Waals surface area contributed by atoms with Crippen molar-refractivity contribution in [1.82, 2.24) is 10.1 Å². The molecule has 90 valence electrons. The van der Waals surface area contributed by atoms with Crippen LogP contribution in [0.3, 0.4) is 0 Å². The molecule has 4 nitrogen and oxygen atoms in total. The van der Waals surface area contributed by atoms with Crippen LogP contribution in [0.15, 0.2) is 10.6 Å². The molecule has 1 aromatic rings. The number of morpholine rings is 1. The molecule has 5 heteroatoms. The molecular weight excluding hydrogens is 224 g/mol. The third-order valence-electron chi connectivity index (χ3n) is 2.58. The minimum atomic E-state index is 0.882. The fraction of sp³-hybridized carbons (Fsp3) is 0.727. The summed E-state index contributed by atoms with van der Waals surface area (Å²) < 4.78 is 10.3. The predicted octanol–water partition coefficient (Wildman–Crippen LogP) is 1.55. The van der Waals surface area contributed by atoms with Crippen LogP contribution in [0.25, 0.3) is 0 Å². The molecule has 0 unspecified atom stereocenters. The Morgan fingerprint density at radius 2 is 2.25 bits per heavy atom. The van der Waals surface area contributed by atoms with E-state index in [1.165, 1.54) is 0 Å². The number of aryl methyl sites for hydroxylation is 1. The molecule has 0 atom stereocenters. The second kappa shape index (κ2) is 6.27. The summed E-state index contributed by atoms with van der Waals surface area (Å²) in [5.41, 5.74) is 1.05. The minimum absolute atomic E-state index is 0.882. The normalized spacial score (nSPS) is 17.8. The quantitative estimate of drug-likeness (QED) is 0.732. The Morgan fingerprint density at radius 1 is 1.44 bits per heavy atom. The lowest BCUT2D eigenvalue weighted by atomic mass is 10.4. The fourth-order valence-corrected chi connectivity index (χ4v) is 2.56. The Labute approximate surface area is 100 Å². The highest BCUT2D eigenvalue weighted by atomic mass is 32.2. The molecule has 0 aromatic carbocycles. The SMILES string of the molecule is Cc1cc(CSCCN2CCOCC2)no1. The molecular formula is C11H18N2O2S. The van der Waals surface area contributed by atoms with Crippen LogP contribution < -0.4 is 0 Å². The summed E-state index contributed by atoms with van der Waals surface area (Å²) in [7, 11) is 0. The second-order valence-electron chi connectivity index (χ2n) is 3.94. The number of rotatable bonds is 5. The second-order valence-corrected chi connectivity index (χ2v) is 5.04. The van der Waals surface area contributed by atoms with Crippen LogP contribution in [0, 0.1) is 6.92 Å². The van der Waals surface area contributed by atoms with Gasteiger partial charge < -0.3 is 9.26 Å². The summed E-state index contributed by atoms with van der Waals surface area (Å²) in [6.07, 6.45) is 0. The number of thioether (sulfide) groups is 1. The van der Waals surface area contributed by atoms with E-state index in [0.717, 1.165) is 55.8 Å². The van der Waals surface area contributed by atoms with Crippen LogP contribution in [0.2, 0.25) is 0 Å². The van der Waals surface area contributed by atoms with Gasteiger partial charge in [-0.05, 0) is 6.92 Å². The number of nitrogens with zero attached hydrogens (tertiary/aromatic N) is 2. The molecule has 1 aliphatic heterocycles. The molecule has 0 radical (unpaired) electrons. The van der Waals surface area contributed by atoms with E-state index in [-0.39, 0.29) is 0 Å². The lowest BCUT2D eigenvalue weighted by Gasteiger charge is -2.26. The monoisotopic (exact) mass is 242 g/mol. The van der Waals surface area contributed by atoms with Gasteiger partial charge in [0.1, 0.15) is 5.76 Å². The van der Waals surface area contributed by atoms with Gasteiger partial charge in [0.2, 0.25) is 0 Å². The largest absolute Gasteiger partial charge is 0.379 e. The summed E-state index contributed by atoms with van der Waals surface area (Å²) >= 11 is 1.91. The Bertz CT molecular complexity index is 311. The van der Waals surface area contributed by atoms with Gasteiger partial charge in [-0.1, -0.05) is 5.16 Å². The summed E-state index contributed by atoms with van der Waals surface area (Å²) in [5, 5.41) is 3.97. The van der Waals surface area contributed by atoms with Gasteiger partial charge in [0, 0.05) is 37.2 Å². The van der Waals surface area contributed by atoms with Crippen LogP contribution in [-0.2, 0) is 10.5 Å². The summed E-state index contributed by atoms with van der Waals surface area (Å²) in [6.45, 7) is 6.98. The molecule has 16 heavy (non-hydrogen) atoms. The van der Waals surface area contributed by atoms with E-state index < -0.39 is 0 Å². The topological polar surface area (TPSA) is 38.5 Å². The maximum Gasteiger partial charge on any atom is 0.133 e. The van der Waals surface area contributed by atoms with Crippen LogP contribution >= 0.6 is 11.8 Å². The average molecular weight is 242 g/mol. The van der Waals surface area contributed by atoms with Gasteiger partial charge >= 0.3 is 0 Å². The Morgan fingerprint density at radius 3 is 2.94 bits per heavy atom. The van der Waals surface area contributed by atoms with E-state index in [0.29, 0.717) is 0 Å². The van der Waals surface area contributed by atoms with E-state index in [4.69, 9.17) is 9.26 Å². The molecule has 1 aromatic heterocycles. The fourth-order valence-electron chi connectivity index (χ4n) is 1.68. The molecule has 0 saturated carbocycles. The average Bonchev–Trinajstić information content (AvgIpc) is 2.72. The highest BCUT2D eigenvalue weighted by Crippen LogP contribution is 2.12. The molecule has 0 aliphatic carbocycles. The first-order chi connectivity index (χ1) is 7.84. The van der Waals surface area contributed by atoms with Gasteiger partial charge in [0.05, 0.1) is 18.9 Å². The van der Waals surface area contributed by atoms with Crippen LogP contribution in [0.4, 0.5) is 0 Å². The molecule has 0 spiro atoms. The summed E-state index contributed by atoms with van der Waals surface area (Å²) in [6, 6.07) is 2.00. The lowest BCUT2D eigenvalue weighted by molar-refractivity contribution is 0.0410. The zero-order chi connectivity index (χ0) is 11.2. The van der Waals surface area contributed by atoms with E-state index >= 15 is 0 Å². The predicted molar refractivity (Wildman–Crippen MR) is 64.7 cm³/mol. The molecule has 1 saturated heterocycles. The number of ether oxygens (including phenoxy) is 1. The van der Waals surface area contributed by atoms with Gasteiger partial charge in [0.25, 0.3) is 0 Å². The molecule has 1 fully saturated rings. The van der Waals surface area contributed by atoms with Gasteiger partial charge in [0.15, 0.2) is 0 Å². The van der Waals surface area contributed by atoms with Crippen LogP contribution in [0.5, 0.6) is 0 Å². The Hall–Kier alpha value is -0.520. The van der Waals surface area contributed by atoms with Gasteiger partial charge in [-0.3, -0.25) is 4.90 Å². The first kappa shape index (κ1) is 12.0. The van der Waals surface area contributed by atoms with Crippen molar-refractivity contribution < 1.29 is 9.26 Å². The van der Waals surface area contributed by atoms with Crippen molar-refractivity contribution in [1.29, 1.82) is 0 Å². The van der Waals surface area contributed by atoms with E-state index in [1.807, 2.05) is 24.8 Å². The van der Waals surface area contributed by atoms with Crippen molar-refractivity contribution in [3.8, 4) is 0 Å². The molecule has 1 aliphatic rings. The smallest absolute Gasteiger partial charge is 0.133 e. The zero-order valence-corrected chi connectivity index (χ0v) is 10.5. The number of aromatic nitrogens is 1. The molecule has 0 bridgehead atoms. The lowest BCUT2D eigenvalue weighted by Crippen LogP contribution is -2.37. The van der Waals surface area contributed by atoms with E-state index in [1.54, 1.807) is 0 Å². The highest BCUT2D eigenvalue weighted by Gasteiger charge is 2.09. The highest BCUT2D eigenvalue weighted by molar-refractivity contribution is 7.98. The Balaban J connectivity index is 1.57. The van der Waals surface area contributed by atoms with Crippen molar-refractivity contribution in [2.75, 3.05) is 38.6 Å². The molecule has 0 N–H and O–H groups in total. The maximum absolute atomic E-state index is 5.31. The van der Waals surface area contributed by atoms with Gasteiger partial charge in [-0.15, -0.1) is 0 Å². The van der Waals surface area contributed by atoms with Crippen molar-refractivity contribution >= 4 is 11.8 Å². The first-order valence-electron chi connectivity index (χ1n) is 5.64. The van der Waals surface area contributed by atoms with E-state index in [9.17, 15) is 0 Å². The molecule has 2 rings (SSSR count). The minimum Gasteiger partial charge on any atom is -0.379 e. The van der Waals surface area contributed by atoms with Gasteiger partial charge in [-0.25, -0.2) is 0 Å². The van der Waals surface area contributed by atoms with Crippen molar-refractivity contribution in [3.05, 3.63) is 17.5 Å². The third-order valence-corrected chi connectivity index (χ3v) is 3.55. The third kappa shape index (κ3) is 3.81. The van der Waals surface area contributed by atoms with Crippen molar-refractivity contribution in [3.63, 3.8) is 0 Å². The van der Waals surface area contributed by atoms with Crippen LogP contribution in [-0.4, -0.2) is 48.7 Å². The standard InChI is InChI=1S/C11H18N2O2S/c1-10-8-11(12-15-10)9-16-7-4-13-2-5-14-6-3-13/h8H,2-7,9H2,1H3. The maximum atomic E-state index is 5.31. The van der Waals surface area contributed by atoms with Crippen molar-refractivity contribution in [2.45, 2.75) is 12.7 Å². The summed E-state index contributed by atoms with van der Waals surface area (Å²) in [5.74, 6) is 2.98. The number of hydrogen-bond acceptors (Lipinski definition) is 5. The van der Waals surface area contributed by atoms with Gasteiger partial charge in [-0.2, -0.15) is 11.8 Å². The number of hydrogen-bond donors (Lipinski definition) is 0. The zero-order valence-electron chi connectivity index (χ0n) is 9.65.